The van der Waals surface area contributed by atoms with E-state index in [1.54, 1.807) is 0 Å². The van der Waals surface area contributed by atoms with Crippen molar-refractivity contribution in [2.45, 2.75) is 19.9 Å². The number of halogens is 1. The van der Waals surface area contributed by atoms with Crippen LogP contribution in [0.4, 0.5) is 5.82 Å². The molecule has 0 aliphatic carbocycles. The van der Waals surface area contributed by atoms with Gasteiger partial charge < -0.3 is 10.6 Å². The van der Waals surface area contributed by atoms with Gasteiger partial charge in [0.1, 0.15) is 17.3 Å². The minimum absolute atomic E-state index is 0.0202. The molecule has 0 fully saturated rings. The van der Waals surface area contributed by atoms with Crippen LogP contribution < -0.4 is 10.6 Å². The van der Waals surface area contributed by atoms with Gasteiger partial charge in [-0.25, -0.2) is 9.97 Å². The fourth-order valence-electron chi connectivity index (χ4n) is 1.16. The van der Waals surface area contributed by atoms with Gasteiger partial charge in [-0.1, -0.05) is 11.6 Å². The summed E-state index contributed by atoms with van der Waals surface area (Å²) in [5.74, 6) is 0.0606. The Labute approximate surface area is 104 Å². The minimum Gasteiger partial charge on any atom is -0.360 e. The van der Waals surface area contributed by atoms with E-state index in [2.05, 4.69) is 20.6 Å². The van der Waals surface area contributed by atoms with Gasteiger partial charge in [0.15, 0.2) is 6.29 Å². The molecule has 0 atom stereocenters. The molecule has 1 heterocycles. The third-order valence-corrected chi connectivity index (χ3v) is 2.12. The van der Waals surface area contributed by atoms with Gasteiger partial charge in [-0.3, -0.25) is 9.59 Å². The molecular formula is C10H13ClN4O2. The Balaban J connectivity index is 2.66. The highest BCUT2D eigenvalue weighted by molar-refractivity contribution is 6.32. The summed E-state index contributed by atoms with van der Waals surface area (Å²) in [4.78, 5) is 29.7. The maximum atomic E-state index is 11.4. The zero-order chi connectivity index (χ0) is 12.8. The summed E-state index contributed by atoms with van der Waals surface area (Å²) < 4.78 is 0. The Morgan fingerprint density at radius 1 is 1.53 bits per heavy atom. The van der Waals surface area contributed by atoms with Crippen LogP contribution in [0, 0.1) is 0 Å². The topological polar surface area (TPSA) is 84.0 Å². The second-order valence-corrected chi connectivity index (χ2v) is 3.98. The highest BCUT2D eigenvalue weighted by Gasteiger charge is 2.10. The fourth-order valence-corrected chi connectivity index (χ4v) is 1.33. The molecule has 1 aromatic rings. The maximum Gasteiger partial charge on any atom is 0.239 e. The lowest BCUT2D eigenvalue weighted by Crippen LogP contribution is -2.35. The van der Waals surface area contributed by atoms with E-state index in [0.717, 1.165) is 0 Å². The Kier molecular flexibility index (Phi) is 4.84. The molecule has 0 saturated carbocycles. The number of carbonyl (C=O) groups is 2. The van der Waals surface area contributed by atoms with Gasteiger partial charge in [0.25, 0.3) is 0 Å². The quantitative estimate of drug-likeness (QED) is 0.604. The molecule has 7 heteroatoms. The van der Waals surface area contributed by atoms with Crippen LogP contribution in [-0.4, -0.2) is 34.7 Å². The molecule has 0 saturated heterocycles. The summed E-state index contributed by atoms with van der Waals surface area (Å²) in [7, 11) is 0. The normalized spacial score (nSPS) is 10.1. The van der Waals surface area contributed by atoms with Crippen molar-refractivity contribution in [1.29, 1.82) is 0 Å². The Morgan fingerprint density at radius 3 is 2.82 bits per heavy atom. The molecule has 0 spiro atoms. The van der Waals surface area contributed by atoms with Crippen LogP contribution in [0.25, 0.3) is 0 Å². The van der Waals surface area contributed by atoms with Crippen LogP contribution in [0.3, 0.4) is 0 Å². The molecule has 0 radical (unpaired) electrons. The van der Waals surface area contributed by atoms with Crippen LogP contribution in [0.15, 0.2) is 6.33 Å². The molecule has 2 N–H and O–H groups in total. The zero-order valence-electron chi connectivity index (χ0n) is 9.53. The number of nitrogens with one attached hydrogen (secondary N) is 2. The van der Waals surface area contributed by atoms with Crippen LogP contribution >= 0.6 is 11.6 Å². The monoisotopic (exact) mass is 256 g/mol. The zero-order valence-corrected chi connectivity index (χ0v) is 10.3. The van der Waals surface area contributed by atoms with Crippen molar-refractivity contribution < 1.29 is 9.59 Å². The van der Waals surface area contributed by atoms with Crippen molar-refractivity contribution in [3.05, 3.63) is 17.0 Å². The SMILES string of the molecule is CC(C)NC(=O)CNc1ncnc(Cl)c1C=O. The van der Waals surface area contributed by atoms with Crippen LogP contribution in [0.2, 0.25) is 5.15 Å². The Bertz CT molecular complexity index is 423. The van der Waals surface area contributed by atoms with E-state index in [9.17, 15) is 9.59 Å². The van der Waals surface area contributed by atoms with Crippen molar-refractivity contribution in [3.8, 4) is 0 Å². The van der Waals surface area contributed by atoms with Crippen molar-refractivity contribution in [3.63, 3.8) is 0 Å². The number of anilines is 1. The first-order valence-corrected chi connectivity index (χ1v) is 5.41. The number of aromatic nitrogens is 2. The molecule has 0 unspecified atom stereocenters. The molecule has 0 aromatic carbocycles. The van der Waals surface area contributed by atoms with Crippen molar-refractivity contribution >= 4 is 29.6 Å². The molecule has 92 valence electrons. The number of amides is 1. The molecule has 1 rings (SSSR count). The van der Waals surface area contributed by atoms with E-state index < -0.39 is 0 Å². The van der Waals surface area contributed by atoms with Gasteiger partial charge in [-0.05, 0) is 13.8 Å². The van der Waals surface area contributed by atoms with Crippen LogP contribution in [0.1, 0.15) is 24.2 Å². The fraction of sp³-hybridized carbons (Fsp3) is 0.400. The van der Waals surface area contributed by atoms with Gasteiger partial charge in [-0.2, -0.15) is 0 Å². The van der Waals surface area contributed by atoms with Crippen LogP contribution in [-0.2, 0) is 4.79 Å². The van der Waals surface area contributed by atoms with Gasteiger partial charge in [0, 0.05) is 6.04 Å². The summed E-state index contributed by atoms with van der Waals surface area (Å²) in [6.07, 6.45) is 1.77. The van der Waals surface area contributed by atoms with Gasteiger partial charge >= 0.3 is 0 Å². The second-order valence-electron chi connectivity index (χ2n) is 3.62. The third-order valence-electron chi connectivity index (χ3n) is 1.82. The number of aldehydes is 1. The third kappa shape index (κ3) is 3.99. The van der Waals surface area contributed by atoms with Crippen molar-refractivity contribution in [2.75, 3.05) is 11.9 Å². The maximum absolute atomic E-state index is 11.4. The number of rotatable bonds is 5. The smallest absolute Gasteiger partial charge is 0.239 e. The lowest BCUT2D eigenvalue weighted by atomic mass is 10.3. The standard InChI is InChI=1S/C10H13ClN4O2/c1-6(2)15-8(17)3-12-10-7(4-16)9(11)13-5-14-10/h4-6H,3H2,1-2H3,(H,15,17)(H,12,13,14). The van der Waals surface area contributed by atoms with E-state index in [0.29, 0.717) is 6.29 Å². The summed E-state index contributed by atoms with van der Waals surface area (Å²) >= 11 is 5.71. The lowest BCUT2D eigenvalue weighted by Gasteiger charge is -2.10. The van der Waals surface area contributed by atoms with E-state index >= 15 is 0 Å². The lowest BCUT2D eigenvalue weighted by molar-refractivity contribution is -0.119. The number of carbonyl (C=O) groups excluding carboxylic acids is 2. The first-order chi connectivity index (χ1) is 8.04. The van der Waals surface area contributed by atoms with Gasteiger partial charge in [-0.15, -0.1) is 0 Å². The van der Waals surface area contributed by atoms with Crippen molar-refractivity contribution in [1.82, 2.24) is 15.3 Å². The van der Waals surface area contributed by atoms with Crippen molar-refractivity contribution in [2.24, 2.45) is 0 Å². The largest absolute Gasteiger partial charge is 0.360 e. The Morgan fingerprint density at radius 2 is 2.24 bits per heavy atom. The summed E-state index contributed by atoms with van der Waals surface area (Å²) in [5.41, 5.74) is 0.145. The molecule has 6 nitrogen and oxygen atoms in total. The summed E-state index contributed by atoms with van der Waals surface area (Å²) in [5, 5.41) is 5.49. The molecule has 0 bridgehead atoms. The number of hydrogen-bond acceptors (Lipinski definition) is 5. The van der Waals surface area contributed by atoms with E-state index in [4.69, 9.17) is 11.6 Å². The predicted octanol–water partition coefficient (Wildman–Crippen LogP) is 0.879. The predicted molar refractivity (Wildman–Crippen MR) is 64.2 cm³/mol. The first kappa shape index (κ1) is 13.4. The van der Waals surface area contributed by atoms with E-state index in [1.807, 2.05) is 13.8 Å². The minimum atomic E-state index is -0.188. The average Bonchev–Trinajstić information content (AvgIpc) is 2.25. The average molecular weight is 257 g/mol. The van der Waals surface area contributed by atoms with Crippen LogP contribution in [0.5, 0.6) is 0 Å². The molecular weight excluding hydrogens is 244 g/mol. The molecule has 1 aromatic heterocycles. The highest BCUT2D eigenvalue weighted by atomic mass is 35.5. The van der Waals surface area contributed by atoms with E-state index in [1.165, 1.54) is 6.33 Å². The van der Waals surface area contributed by atoms with Gasteiger partial charge in [0.05, 0.1) is 12.1 Å². The van der Waals surface area contributed by atoms with Gasteiger partial charge in [0.2, 0.25) is 5.91 Å². The van der Waals surface area contributed by atoms with E-state index in [-0.39, 0.29) is 35.0 Å². The molecule has 1 amide bonds. The first-order valence-electron chi connectivity index (χ1n) is 5.03. The summed E-state index contributed by atoms with van der Waals surface area (Å²) in [6.45, 7) is 3.74. The summed E-state index contributed by atoms with van der Waals surface area (Å²) in [6, 6.07) is 0.0591. The molecule has 17 heavy (non-hydrogen) atoms. The number of hydrogen-bond donors (Lipinski definition) is 2. The second kappa shape index (κ2) is 6.15. The molecule has 0 aliphatic rings. The Hall–Kier alpha value is -1.69. The number of nitrogens with zero attached hydrogens (tertiary/aromatic N) is 2. The highest BCUT2D eigenvalue weighted by Crippen LogP contribution is 2.16. The molecule has 0 aliphatic heterocycles.